The van der Waals surface area contributed by atoms with Crippen molar-refractivity contribution in [1.29, 1.82) is 0 Å². The summed E-state index contributed by atoms with van der Waals surface area (Å²) in [5.41, 5.74) is 0.505. The van der Waals surface area contributed by atoms with E-state index in [0.717, 1.165) is 0 Å². The zero-order chi connectivity index (χ0) is 19.3. The molecule has 0 aliphatic rings. The first-order valence-electron chi connectivity index (χ1n) is 8.07. The quantitative estimate of drug-likeness (QED) is 0.733. The summed E-state index contributed by atoms with van der Waals surface area (Å²) in [6.07, 6.45) is 0. The highest BCUT2D eigenvalue weighted by Crippen LogP contribution is 2.32. The first-order chi connectivity index (χ1) is 12.3. The number of aromatic nitrogens is 2. The van der Waals surface area contributed by atoms with Gasteiger partial charge in [-0.25, -0.2) is 0 Å². The number of carbonyl (C=O) groups is 1. The van der Waals surface area contributed by atoms with E-state index in [1.165, 1.54) is 11.8 Å². The third-order valence-corrected chi connectivity index (χ3v) is 3.88. The van der Waals surface area contributed by atoms with Crippen LogP contribution in [-0.2, 0) is 11.8 Å². The molecule has 142 valence electrons. The molecule has 2 aromatic rings. The lowest BCUT2D eigenvalue weighted by Gasteiger charge is -2.22. The van der Waals surface area contributed by atoms with Crippen molar-refractivity contribution >= 4 is 5.91 Å². The largest absolute Gasteiger partial charge is 0.497 e. The predicted molar refractivity (Wildman–Crippen MR) is 96.6 cm³/mol. The van der Waals surface area contributed by atoms with Crippen LogP contribution in [0.2, 0.25) is 0 Å². The van der Waals surface area contributed by atoms with Crippen LogP contribution in [0.5, 0.6) is 11.5 Å². The first kappa shape index (κ1) is 19.7. The molecule has 1 aromatic heterocycles. The van der Waals surface area contributed by atoms with E-state index in [9.17, 15) is 9.90 Å². The Kier molecular flexibility index (Phi) is 6.23. The highest BCUT2D eigenvalue weighted by Gasteiger charge is 2.23. The van der Waals surface area contributed by atoms with Crippen molar-refractivity contribution < 1.29 is 24.1 Å². The molecule has 0 aliphatic heterocycles. The fraction of sp³-hybridized carbons (Fsp3) is 0.444. The SMILES string of the molecule is COCC(C)(O)CNC(=O)c1cc(-c2cc(OC)ccc2OC)nn1C. The lowest BCUT2D eigenvalue weighted by molar-refractivity contribution is -0.0147. The number of nitrogens with zero attached hydrogens (tertiary/aromatic N) is 2. The molecule has 1 heterocycles. The minimum absolute atomic E-state index is 0.0582. The van der Waals surface area contributed by atoms with Crippen molar-refractivity contribution in [2.45, 2.75) is 12.5 Å². The number of ether oxygens (including phenoxy) is 3. The molecule has 8 nitrogen and oxygen atoms in total. The van der Waals surface area contributed by atoms with Gasteiger partial charge in [0.15, 0.2) is 0 Å². The maximum absolute atomic E-state index is 12.5. The molecule has 1 unspecified atom stereocenters. The smallest absolute Gasteiger partial charge is 0.269 e. The number of carbonyl (C=O) groups excluding carboxylic acids is 1. The third kappa shape index (κ3) is 4.53. The zero-order valence-electron chi connectivity index (χ0n) is 15.7. The summed E-state index contributed by atoms with van der Waals surface area (Å²) in [6.45, 7) is 1.76. The molecule has 0 saturated carbocycles. The van der Waals surface area contributed by atoms with E-state index >= 15 is 0 Å². The first-order valence-corrected chi connectivity index (χ1v) is 8.07. The zero-order valence-corrected chi connectivity index (χ0v) is 15.7. The summed E-state index contributed by atoms with van der Waals surface area (Å²) in [5, 5.41) is 17.2. The van der Waals surface area contributed by atoms with Crippen LogP contribution in [-0.4, -0.2) is 60.9 Å². The van der Waals surface area contributed by atoms with E-state index in [2.05, 4.69) is 10.4 Å². The summed E-state index contributed by atoms with van der Waals surface area (Å²) in [6, 6.07) is 7.03. The molecule has 0 bridgehead atoms. The number of rotatable bonds is 8. The van der Waals surface area contributed by atoms with Crippen LogP contribution in [0.25, 0.3) is 11.3 Å². The number of aliphatic hydroxyl groups is 1. The molecular formula is C18H25N3O5. The van der Waals surface area contributed by atoms with Crippen LogP contribution in [0.3, 0.4) is 0 Å². The van der Waals surface area contributed by atoms with Gasteiger partial charge in [0.2, 0.25) is 0 Å². The number of hydrogen-bond donors (Lipinski definition) is 2. The van der Waals surface area contributed by atoms with Gasteiger partial charge in [0.25, 0.3) is 5.91 Å². The minimum atomic E-state index is -1.15. The van der Waals surface area contributed by atoms with E-state index in [4.69, 9.17) is 14.2 Å². The highest BCUT2D eigenvalue weighted by molar-refractivity contribution is 5.94. The van der Waals surface area contributed by atoms with Gasteiger partial charge in [0.1, 0.15) is 22.8 Å². The number of benzene rings is 1. The molecule has 1 aromatic carbocycles. The Hall–Kier alpha value is -2.58. The monoisotopic (exact) mass is 363 g/mol. The second-order valence-electron chi connectivity index (χ2n) is 6.22. The fourth-order valence-corrected chi connectivity index (χ4v) is 2.55. The number of aryl methyl sites for hydroxylation is 1. The van der Waals surface area contributed by atoms with E-state index in [-0.39, 0.29) is 19.1 Å². The van der Waals surface area contributed by atoms with Crippen molar-refractivity contribution in [2.75, 3.05) is 34.5 Å². The van der Waals surface area contributed by atoms with Crippen molar-refractivity contribution in [2.24, 2.45) is 7.05 Å². The van der Waals surface area contributed by atoms with Gasteiger partial charge in [-0.3, -0.25) is 9.48 Å². The number of methoxy groups -OCH3 is 3. The molecule has 2 N–H and O–H groups in total. The molecular weight excluding hydrogens is 338 g/mol. The normalized spacial score (nSPS) is 13.2. The van der Waals surface area contributed by atoms with Gasteiger partial charge >= 0.3 is 0 Å². The Morgan fingerprint density at radius 3 is 2.62 bits per heavy atom. The molecule has 0 spiro atoms. The van der Waals surface area contributed by atoms with Crippen molar-refractivity contribution in [3.8, 4) is 22.8 Å². The molecule has 8 heteroatoms. The van der Waals surface area contributed by atoms with Crippen molar-refractivity contribution in [3.05, 3.63) is 30.0 Å². The standard InChI is InChI=1S/C18H25N3O5/c1-18(23,11-24-3)10-19-17(22)15-9-14(20-21(15)2)13-8-12(25-4)6-7-16(13)26-5/h6-9,23H,10-11H2,1-5H3,(H,19,22). The maximum Gasteiger partial charge on any atom is 0.269 e. The lowest BCUT2D eigenvalue weighted by Crippen LogP contribution is -2.44. The van der Waals surface area contributed by atoms with Crippen LogP contribution >= 0.6 is 0 Å². The summed E-state index contributed by atoms with van der Waals surface area (Å²) >= 11 is 0. The van der Waals surface area contributed by atoms with Crippen LogP contribution in [0, 0.1) is 0 Å². The van der Waals surface area contributed by atoms with E-state index in [1.54, 1.807) is 52.5 Å². The minimum Gasteiger partial charge on any atom is -0.497 e. The summed E-state index contributed by atoms with van der Waals surface area (Å²) in [4.78, 5) is 12.5. The molecule has 26 heavy (non-hydrogen) atoms. The Labute approximate surface area is 152 Å². The average Bonchev–Trinajstić information content (AvgIpc) is 3.00. The van der Waals surface area contributed by atoms with E-state index in [0.29, 0.717) is 28.5 Å². The average molecular weight is 363 g/mol. The second-order valence-corrected chi connectivity index (χ2v) is 6.22. The highest BCUT2D eigenvalue weighted by atomic mass is 16.5. The predicted octanol–water partition coefficient (Wildman–Crippen LogP) is 1.23. The van der Waals surface area contributed by atoms with Gasteiger partial charge < -0.3 is 24.6 Å². The molecule has 1 amide bonds. The number of amides is 1. The molecule has 2 rings (SSSR count). The van der Waals surface area contributed by atoms with Gasteiger partial charge in [0.05, 0.1) is 26.5 Å². The van der Waals surface area contributed by atoms with Crippen molar-refractivity contribution in [1.82, 2.24) is 15.1 Å². The summed E-state index contributed by atoms with van der Waals surface area (Å²) < 4.78 is 17.0. The summed E-state index contributed by atoms with van der Waals surface area (Å²) in [7, 11) is 6.32. The maximum atomic E-state index is 12.5. The van der Waals surface area contributed by atoms with E-state index < -0.39 is 5.60 Å². The van der Waals surface area contributed by atoms with Crippen LogP contribution in [0.1, 0.15) is 17.4 Å². The molecule has 0 saturated heterocycles. The van der Waals surface area contributed by atoms with Crippen LogP contribution in [0.4, 0.5) is 0 Å². The Morgan fingerprint density at radius 2 is 2.00 bits per heavy atom. The number of hydrogen-bond acceptors (Lipinski definition) is 6. The van der Waals surface area contributed by atoms with Crippen molar-refractivity contribution in [3.63, 3.8) is 0 Å². The molecule has 0 radical (unpaired) electrons. The topological polar surface area (TPSA) is 94.8 Å². The summed E-state index contributed by atoms with van der Waals surface area (Å²) in [5.74, 6) is 0.941. The molecule has 0 fully saturated rings. The van der Waals surface area contributed by atoms with E-state index in [1.807, 2.05) is 0 Å². The fourth-order valence-electron chi connectivity index (χ4n) is 2.55. The van der Waals surface area contributed by atoms with Gasteiger partial charge in [0, 0.05) is 26.3 Å². The van der Waals surface area contributed by atoms with Gasteiger partial charge in [-0.1, -0.05) is 0 Å². The van der Waals surface area contributed by atoms with Gasteiger partial charge in [-0.15, -0.1) is 0 Å². The molecule has 1 atom stereocenters. The Balaban J connectivity index is 2.25. The van der Waals surface area contributed by atoms with Gasteiger partial charge in [-0.05, 0) is 31.2 Å². The third-order valence-electron chi connectivity index (χ3n) is 3.88. The van der Waals surface area contributed by atoms with Crippen LogP contribution in [0.15, 0.2) is 24.3 Å². The van der Waals surface area contributed by atoms with Gasteiger partial charge in [-0.2, -0.15) is 5.10 Å². The second kappa shape index (κ2) is 8.20. The van der Waals surface area contributed by atoms with Crippen LogP contribution < -0.4 is 14.8 Å². The molecule has 0 aliphatic carbocycles. The number of nitrogens with one attached hydrogen (secondary N) is 1. The Morgan fingerprint density at radius 1 is 1.27 bits per heavy atom. The Bertz CT molecular complexity index is 770. The lowest BCUT2D eigenvalue weighted by atomic mass is 10.1.